The third-order valence-electron chi connectivity index (χ3n) is 3.80. The van der Waals surface area contributed by atoms with E-state index in [1.54, 1.807) is 0 Å². The smallest absolute Gasteiger partial charge is 0.175 e. The first-order chi connectivity index (χ1) is 8.50. The molecule has 0 saturated carbocycles. The largest absolute Gasteiger partial charge is 0.379 e. The van der Waals surface area contributed by atoms with Gasteiger partial charge in [-0.2, -0.15) is 0 Å². The highest BCUT2D eigenvalue weighted by atomic mass is 16.5. The number of benzene rings is 1. The van der Waals surface area contributed by atoms with Crippen molar-refractivity contribution in [3.05, 3.63) is 34.9 Å². The maximum absolute atomic E-state index is 12.6. The summed E-state index contributed by atoms with van der Waals surface area (Å²) in [4.78, 5) is 12.6. The summed E-state index contributed by atoms with van der Waals surface area (Å²) < 4.78 is 5.19. The molecule has 0 radical (unpaired) electrons. The Balaban J connectivity index is 2.38. The lowest BCUT2D eigenvalue weighted by molar-refractivity contribution is -0.0816. The minimum atomic E-state index is -0.486. The summed E-state index contributed by atoms with van der Waals surface area (Å²) in [5, 5.41) is 0. The van der Waals surface area contributed by atoms with Crippen molar-refractivity contribution in [2.24, 2.45) is 11.1 Å². The van der Waals surface area contributed by atoms with Gasteiger partial charge in [-0.15, -0.1) is 0 Å². The predicted octanol–water partition coefficient (Wildman–Crippen LogP) is 2.28. The van der Waals surface area contributed by atoms with Crippen molar-refractivity contribution >= 4 is 5.78 Å². The molecule has 1 aliphatic heterocycles. The molecule has 1 aromatic rings. The van der Waals surface area contributed by atoms with Gasteiger partial charge in [0.25, 0.3) is 0 Å². The van der Waals surface area contributed by atoms with E-state index in [9.17, 15) is 4.79 Å². The van der Waals surface area contributed by atoms with Crippen LogP contribution in [0.15, 0.2) is 18.2 Å². The zero-order chi connectivity index (χ0) is 13.3. The molecular formula is C15H21NO2. The number of hydrogen-bond acceptors (Lipinski definition) is 3. The van der Waals surface area contributed by atoms with Crippen LogP contribution < -0.4 is 5.73 Å². The van der Waals surface area contributed by atoms with Crippen LogP contribution in [0.1, 0.15) is 41.3 Å². The zero-order valence-corrected chi connectivity index (χ0v) is 11.3. The SMILES string of the molecule is Cc1ccc(C(C)C)cc1C(=O)C1(CN)COC1. The molecule has 1 heterocycles. The Bertz CT molecular complexity index is 456. The Kier molecular flexibility index (Phi) is 3.55. The highest BCUT2D eigenvalue weighted by Crippen LogP contribution is 2.32. The third kappa shape index (κ3) is 2.08. The highest BCUT2D eigenvalue weighted by molar-refractivity contribution is 6.02. The number of carbonyl (C=O) groups is 1. The number of carbonyl (C=O) groups excluding carboxylic acids is 1. The van der Waals surface area contributed by atoms with Gasteiger partial charge >= 0.3 is 0 Å². The van der Waals surface area contributed by atoms with Gasteiger partial charge in [0, 0.05) is 12.1 Å². The molecule has 0 aromatic heterocycles. The third-order valence-corrected chi connectivity index (χ3v) is 3.80. The van der Waals surface area contributed by atoms with E-state index in [0.29, 0.717) is 25.7 Å². The van der Waals surface area contributed by atoms with E-state index in [1.807, 2.05) is 19.1 Å². The summed E-state index contributed by atoms with van der Waals surface area (Å²) in [7, 11) is 0. The molecule has 0 spiro atoms. The lowest BCUT2D eigenvalue weighted by atomic mass is 9.77. The van der Waals surface area contributed by atoms with Gasteiger partial charge in [0.05, 0.1) is 18.6 Å². The van der Waals surface area contributed by atoms with Gasteiger partial charge in [-0.1, -0.05) is 26.0 Å². The van der Waals surface area contributed by atoms with E-state index in [-0.39, 0.29) is 5.78 Å². The molecule has 0 atom stereocenters. The van der Waals surface area contributed by atoms with Gasteiger partial charge in [0.1, 0.15) is 0 Å². The molecule has 2 rings (SSSR count). The molecular weight excluding hydrogens is 226 g/mol. The van der Waals surface area contributed by atoms with E-state index in [4.69, 9.17) is 10.5 Å². The van der Waals surface area contributed by atoms with Crippen LogP contribution in [-0.2, 0) is 4.74 Å². The molecule has 2 N–H and O–H groups in total. The van der Waals surface area contributed by atoms with Crippen molar-refractivity contribution < 1.29 is 9.53 Å². The van der Waals surface area contributed by atoms with Crippen molar-refractivity contribution in [3.8, 4) is 0 Å². The molecule has 3 nitrogen and oxygen atoms in total. The molecule has 1 saturated heterocycles. The molecule has 1 aromatic carbocycles. The Morgan fingerprint density at radius 1 is 1.44 bits per heavy atom. The summed E-state index contributed by atoms with van der Waals surface area (Å²) in [6, 6.07) is 6.12. The first-order valence-electron chi connectivity index (χ1n) is 6.43. The Morgan fingerprint density at radius 3 is 2.56 bits per heavy atom. The average molecular weight is 247 g/mol. The number of Topliss-reactive ketones (excluding diaryl/α,β-unsaturated/α-hetero) is 1. The molecule has 18 heavy (non-hydrogen) atoms. The minimum absolute atomic E-state index is 0.135. The molecule has 0 bridgehead atoms. The number of ketones is 1. The molecule has 0 amide bonds. The van der Waals surface area contributed by atoms with Gasteiger partial charge in [0.2, 0.25) is 0 Å². The minimum Gasteiger partial charge on any atom is -0.379 e. The molecule has 0 aliphatic carbocycles. The second-order valence-corrected chi connectivity index (χ2v) is 5.54. The van der Waals surface area contributed by atoms with E-state index >= 15 is 0 Å². The summed E-state index contributed by atoms with van der Waals surface area (Å²) in [6.07, 6.45) is 0. The van der Waals surface area contributed by atoms with Crippen molar-refractivity contribution in [1.29, 1.82) is 0 Å². The molecule has 1 aliphatic rings. The van der Waals surface area contributed by atoms with Crippen LogP contribution in [0.2, 0.25) is 0 Å². The van der Waals surface area contributed by atoms with Gasteiger partial charge in [-0.05, 0) is 30.0 Å². The fraction of sp³-hybridized carbons (Fsp3) is 0.533. The van der Waals surface area contributed by atoms with Gasteiger partial charge in [-0.3, -0.25) is 4.79 Å². The normalized spacial score (nSPS) is 17.6. The zero-order valence-electron chi connectivity index (χ0n) is 11.3. The fourth-order valence-electron chi connectivity index (χ4n) is 2.22. The summed E-state index contributed by atoms with van der Waals surface area (Å²) in [5.74, 6) is 0.555. The van der Waals surface area contributed by atoms with E-state index < -0.39 is 5.41 Å². The van der Waals surface area contributed by atoms with Crippen LogP contribution in [0.25, 0.3) is 0 Å². The quantitative estimate of drug-likeness (QED) is 0.830. The Morgan fingerprint density at radius 2 is 2.11 bits per heavy atom. The van der Waals surface area contributed by atoms with E-state index in [1.165, 1.54) is 5.56 Å². The van der Waals surface area contributed by atoms with Crippen LogP contribution in [0.3, 0.4) is 0 Å². The van der Waals surface area contributed by atoms with Gasteiger partial charge in [0.15, 0.2) is 5.78 Å². The summed E-state index contributed by atoms with van der Waals surface area (Å²) in [6.45, 7) is 7.49. The van der Waals surface area contributed by atoms with Crippen LogP contribution in [0.4, 0.5) is 0 Å². The molecule has 98 valence electrons. The lowest BCUT2D eigenvalue weighted by Crippen LogP contribution is -2.54. The van der Waals surface area contributed by atoms with Crippen LogP contribution in [-0.4, -0.2) is 25.5 Å². The maximum atomic E-state index is 12.6. The lowest BCUT2D eigenvalue weighted by Gasteiger charge is -2.39. The summed E-state index contributed by atoms with van der Waals surface area (Å²) >= 11 is 0. The fourth-order valence-corrected chi connectivity index (χ4v) is 2.22. The predicted molar refractivity (Wildman–Crippen MR) is 71.9 cm³/mol. The van der Waals surface area contributed by atoms with Crippen molar-refractivity contribution in [3.63, 3.8) is 0 Å². The number of ether oxygens (including phenoxy) is 1. The number of aryl methyl sites for hydroxylation is 1. The van der Waals surface area contributed by atoms with Gasteiger partial charge < -0.3 is 10.5 Å². The van der Waals surface area contributed by atoms with Crippen molar-refractivity contribution in [2.45, 2.75) is 26.7 Å². The van der Waals surface area contributed by atoms with Crippen LogP contribution in [0.5, 0.6) is 0 Å². The van der Waals surface area contributed by atoms with Crippen LogP contribution in [0, 0.1) is 12.3 Å². The standard InChI is InChI=1S/C15H21NO2/c1-10(2)12-5-4-11(3)13(6-12)14(17)15(7-16)8-18-9-15/h4-6,10H,7-9,16H2,1-3H3. The van der Waals surface area contributed by atoms with E-state index in [0.717, 1.165) is 11.1 Å². The second kappa shape index (κ2) is 4.82. The number of hydrogen-bond donors (Lipinski definition) is 1. The maximum Gasteiger partial charge on any atom is 0.175 e. The topological polar surface area (TPSA) is 52.3 Å². The average Bonchev–Trinajstić information content (AvgIpc) is 2.28. The number of nitrogens with two attached hydrogens (primary N) is 1. The first-order valence-corrected chi connectivity index (χ1v) is 6.43. The molecule has 1 fully saturated rings. The highest BCUT2D eigenvalue weighted by Gasteiger charge is 2.45. The second-order valence-electron chi connectivity index (χ2n) is 5.54. The van der Waals surface area contributed by atoms with Crippen LogP contribution >= 0.6 is 0 Å². The van der Waals surface area contributed by atoms with Crippen molar-refractivity contribution in [1.82, 2.24) is 0 Å². The summed E-state index contributed by atoms with van der Waals surface area (Å²) in [5.41, 5.74) is 8.28. The first kappa shape index (κ1) is 13.2. The molecule has 0 unspecified atom stereocenters. The van der Waals surface area contributed by atoms with E-state index in [2.05, 4.69) is 19.9 Å². The monoisotopic (exact) mass is 247 g/mol. The number of rotatable bonds is 4. The molecule has 3 heteroatoms. The van der Waals surface area contributed by atoms with Crippen molar-refractivity contribution in [2.75, 3.05) is 19.8 Å². The van der Waals surface area contributed by atoms with Gasteiger partial charge in [-0.25, -0.2) is 0 Å². The Labute approximate surface area is 108 Å². The Hall–Kier alpha value is -1.19.